The minimum absolute atomic E-state index is 0.194. The molecular weight excluding hydrogens is 251 g/mol. The number of hydrogen-bond acceptors (Lipinski definition) is 0. The van der Waals surface area contributed by atoms with Gasteiger partial charge in [0.15, 0.2) is 0 Å². The predicted molar refractivity (Wildman–Crippen MR) is 78.9 cm³/mol. The van der Waals surface area contributed by atoms with Crippen LogP contribution >= 0.6 is 23.2 Å². The SMILES string of the molecule is Cc1ccccc1.Cc1ccccc1.ClCCl. The maximum absolute atomic E-state index is 4.76. The number of hydrogen-bond donors (Lipinski definition) is 0. The Kier molecular flexibility index (Phi) is 10.8. The van der Waals surface area contributed by atoms with E-state index in [1.807, 2.05) is 36.4 Å². The summed E-state index contributed by atoms with van der Waals surface area (Å²) in [5.41, 5.74) is 2.64. The van der Waals surface area contributed by atoms with Gasteiger partial charge in [-0.2, -0.15) is 0 Å². The molecule has 0 spiro atoms. The summed E-state index contributed by atoms with van der Waals surface area (Å²) < 4.78 is 0. The molecule has 2 aromatic carbocycles. The van der Waals surface area contributed by atoms with Crippen molar-refractivity contribution in [2.24, 2.45) is 0 Å². The molecule has 2 aromatic rings. The van der Waals surface area contributed by atoms with Crippen LogP contribution in [0.2, 0.25) is 0 Å². The van der Waals surface area contributed by atoms with Gasteiger partial charge in [-0.25, -0.2) is 0 Å². The summed E-state index contributed by atoms with van der Waals surface area (Å²) in [6.45, 7) is 4.17. The first-order valence-corrected chi connectivity index (χ1v) is 6.42. The van der Waals surface area contributed by atoms with Gasteiger partial charge in [0.05, 0.1) is 5.34 Å². The van der Waals surface area contributed by atoms with E-state index in [4.69, 9.17) is 23.2 Å². The Bertz CT molecular complexity index is 320. The largest absolute Gasteiger partial charge is 0.109 e. The molecule has 0 fully saturated rings. The molecule has 0 nitrogen and oxygen atoms in total. The lowest BCUT2D eigenvalue weighted by molar-refractivity contribution is 1.48. The third-order valence-corrected chi connectivity index (χ3v) is 1.88. The summed E-state index contributed by atoms with van der Waals surface area (Å²) >= 11 is 9.53. The molecule has 0 saturated heterocycles. The van der Waals surface area contributed by atoms with Crippen LogP contribution in [0.5, 0.6) is 0 Å². The summed E-state index contributed by atoms with van der Waals surface area (Å²) in [7, 11) is 0. The average molecular weight is 269 g/mol. The fraction of sp³-hybridized carbons (Fsp3) is 0.200. The fourth-order valence-electron chi connectivity index (χ4n) is 1.07. The van der Waals surface area contributed by atoms with Crippen LogP contribution in [-0.2, 0) is 0 Å². The summed E-state index contributed by atoms with van der Waals surface area (Å²) in [5, 5.41) is 0.194. The lowest BCUT2D eigenvalue weighted by Gasteiger charge is -1.82. The molecule has 0 aliphatic rings. The minimum atomic E-state index is 0.194. The van der Waals surface area contributed by atoms with Crippen LogP contribution in [0.25, 0.3) is 0 Å². The standard InChI is InChI=1S/2C7H8.CH2Cl2/c2*1-7-5-3-2-4-6-7;2-1-3/h2*2-6H,1H3;1H2. The van der Waals surface area contributed by atoms with Crippen LogP contribution in [0.3, 0.4) is 0 Å². The molecule has 0 radical (unpaired) electrons. The van der Waals surface area contributed by atoms with Gasteiger partial charge >= 0.3 is 0 Å². The smallest absolute Gasteiger partial charge is 0.0967 e. The number of rotatable bonds is 0. The molecule has 2 heteroatoms. The van der Waals surface area contributed by atoms with Crippen LogP contribution in [0.15, 0.2) is 60.7 Å². The Labute approximate surface area is 114 Å². The molecule has 0 heterocycles. The van der Waals surface area contributed by atoms with Crippen LogP contribution < -0.4 is 0 Å². The summed E-state index contributed by atoms with van der Waals surface area (Å²) in [6.07, 6.45) is 0. The van der Waals surface area contributed by atoms with E-state index in [0.717, 1.165) is 0 Å². The first kappa shape index (κ1) is 16.0. The molecule has 0 atom stereocenters. The molecule has 0 aliphatic carbocycles. The third kappa shape index (κ3) is 11.3. The zero-order valence-corrected chi connectivity index (χ0v) is 11.7. The van der Waals surface area contributed by atoms with E-state index in [0.29, 0.717) is 0 Å². The highest BCUT2D eigenvalue weighted by atomic mass is 35.5. The van der Waals surface area contributed by atoms with Crippen molar-refractivity contribution in [3.63, 3.8) is 0 Å². The van der Waals surface area contributed by atoms with Crippen LogP contribution in [-0.4, -0.2) is 5.34 Å². The molecule has 0 saturated carbocycles. The Morgan fingerprint density at radius 3 is 1.00 bits per heavy atom. The average Bonchev–Trinajstić information content (AvgIpc) is 2.33. The molecule has 0 aromatic heterocycles. The van der Waals surface area contributed by atoms with E-state index >= 15 is 0 Å². The minimum Gasteiger partial charge on any atom is -0.109 e. The van der Waals surface area contributed by atoms with Crippen molar-refractivity contribution < 1.29 is 0 Å². The van der Waals surface area contributed by atoms with Gasteiger partial charge < -0.3 is 0 Å². The van der Waals surface area contributed by atoms with Crippen LogP contribution in [0.1, 0.15) is 11.1 Å². The van der Waals surface area contributed by atoms with Crippen LogP contribution in [0, 0.1) is 13.8 Å². The summed E-state index contributed by atoms with van der Waals surface area (Å²) in [6, 6.07) is 20.5. The van der Waals surface area contributed by atoms with Gasteiger partial charge in [-0.3, -0.25) is 0 Å². The number of alkyl halides is 2. The normalized spacial score (nSPS) is 8.24. The van der Waals surface area contributed by atoms with Crippen molar-refractivity contribution in [1.29, 1.82) is 0 Å². The highest BCUT2D eigenvalue weighted by Gasteiger charge is 1.72. The van der Waals surface area contributed by atoms with Crippen molar-refractivity contribution >= 4 is 23.2 Å². The first-order chi connectivity index (χ1) is 8.20. The van der Waals surface area contributed by atoms with Gasteiger partial charge in [0.2, 0.25) is 0 Å². The monoisotopic (exact) mass is 268 g/mol. The summed E-state index contributed by atoms with van der Waals surface area (Å²) in [4.78, 5) is 0. The third-order valence-electron chi connectivity index (χ3n) is 1.88. The lowest BCUT2D eigenvalue weighted by Crippen LogP contribution is -1.62. The predicted octanol–water partition coefficient (Wildman–Crippen LogP) is 5.41. The molecule has 2 rings (SSSR count). The Morgan fingerprint density at radius 1 is 0.647 bits per heavy atom. The van der Waals surface area contributed by atoms with E-state index in [1.165, 1.54) is 11.1 Å². The number of aryl methyl sites for hydroxylation is 2. The molecule has 0 amide bonds. The number of benzene rings is 2. The maximum Gasteiger partial charge on any atom is 0.0967 e. The van der Waals surface area contributed by atoms with E-state index in [2.05, 4.69) is 38.1 Å². The van der Waals surface area contributed by atoms with Gasteiger partial charge in [-0.15, -0.1) is 23.2 Å². The topological polar surface area (TPSA) is 0 Å². The molecule has 0 aliphatic heterocycles. The van der Waals surface area contributed by atoms with E-state index in [1.54, 1.807) is 0 Å². The molecule has 17 heavy (non-hydrogen) atoms. The molecule has 92 valence electrons. The second-order valence-corrected chi connectivity index (χ2v) is 4.22. The fourth-order valence-corrected chi connectivity index (χ4v) is 1.07. The molecule has 0 unspecified atom stereocenters. The Morgan fingerprint density at radius 2 is 0.882 bits per heavy atom. The molecule has 0 N–H and O–H groups in total. The highest BCUT2D eigenvalue weighted by molar-refractivity contribution is 6.40. The van der Waals surface area contributed by atoms with E-state index < -0.39 is 0 Å². The zero-order chi connectivity index (χ0) is 12.9. The highest BCUT2D eigenvalue weighted by Crippen LogP contribution is 1.92. The molecular formula is C15H18Cl2. The van der Waals surface area contributed by atoms with Crippen molar-refractivity contribution in [1.82, 2.24) is 0 Å². The molecule has 0 bridgehead atoms. The van der Waals surface area contributed by atoms with Gasteiger partial charge in [-0.1, -0.05) is 71.8 Å². The van der Waals surface area contributed by atoms with Gasteiger partial charge in [0, 0.05) is 0 Å². The lowest BCUT2D eigenvalue weighted by atomic mass is 10.2. The first-order valence-electron chi connectivity index (χ1n) is 5.36. The maximum atomic E-state index is 4.76. The zero-order valence-electron chi connectivity index (χ0n) is 10.2. The van der Waals surface area contributed by atoms with E-state index in [9.17, 15) is 0 Å². The van der Waals surface area contributed by atoms with Gasteiger partial charge in [0.1, 0.15) is 0 Å². The van der Waals surface area contributed by atoms with Crippen molar-refractivity contribution in [2.75, 3.05) is 5.34 Å². The second kappa shape index (κ2) is 11.5. The van der Waals surface area contributed by atoms with Crippen molar-refractivity contribution in [3.8, 4) is 0 Å². The Hall–Kier alpha value is -0.980. The second-order valence-electron chi connectivity index (χ2n) is 3.41. The van der Waals surface area contributed by atoms with Gasteiger partial charge in [0.25, 0.3) is 0 Å². The van der Waals surface area contributed by atoms with Crippen molar-refractivity contribution in [3.05, 3.63) is 71.8 Å². The van der Waals surface area contributed by atoms with E-state index in [-0.39, 0.29) is 5.34 Å². The van der Waals surface area contributed by atoms with Crippen molar-refractivity contribution in [2.45, 2.75) is 13.8 Å². The number of halogens is 2. The van der Waals surface area contributed by atoms with Crippen LogP contribution in [0.4, 0.5) is 0 Å². The summed E-state index contributed by atoms with van der Waals surface area (Å²) in [5.74, 6) is 0. The van der Waals surface area contributed by atoms with Gasteiger partial charge in [-0.05, 0) is 13.8 Å². The quantitative estimate of drug-likeness (QED) is 0.561. The Balaban J connectivity index is 0.000000247.